The van der Waals surface area contributed by atoms with Gasteiger partial charge in [-0.2, -0.15) is 13.2 Å². The summed E-state index contributed by atoms with van der Waals surface area (Å²) >= 11 is 1.34. The number of aliphatic hydroxyl groups is 1. The molecule has 1 saturated heterocycles. The van der Waals surface area contributed by atoms with Gasteiger partial charge in [-0.3, -0.25) is 4.90 Å². The molecule has 1 aliphatic rings. The van der Waals surface area contributed by atoms with E-state index in [1.807, 2.05) is 0 Å². The maximum absolute atomic E-state index is 14.4. The fourth-order valence-corrected chi connectivity index (χ4v) is 4.76. The third kappa shape index (κ3) is 4.70. The molecular weight excluding hydrogens is 460 g/mol. The molecule has 4 N–H and O–H groups in total. The van der Waals surface area contributed by atoms with E-state index in [-0.39, 0.29) is 5.69 Å². The number of carbonyl (C=O) groups is 1. The van der Waals surface area contributed by atoms with E-state index in [0.717, 1.165) is 4.88 Å². The number of aromatic nitrogens is 1. The van der Waals surface area contributed by atoms with Crippen LogP contribution in [0.4, 0.5) is 33.7 Å². The number of alkyl halides is 3. The van der Waals surface area contributed by atoms with Gasteiger partial charge in [-0.15, -0.1) is 11.3 Å². The minimum Gasteiger partial charge on any atom is -0.383 e. The summed E-state index contributed by atoms with van der Waals surface area (Å²) in [6.07, 6.45) is -1.98. The smallest absolute Gasteiger partial charge is 0.383 e. The maximum atomic E-state index is 14.4. The molecule has 1 aromatic heterocycles. The van der Waals surface area contributed by atoms with Crippen LogP contribution in [0, 0.1) is 5.82 Å². The van der Waals surface area contributed by atoms with Gasteiger partial charge in [0.05, 0.1) is 21.8 Å². The summed E-state index contributed by atoms with van der Waals surface area (Å²) in [5.74, 6) is -1.02. The zero-order valence-corrected chi connectivity index (χ0v) is 18.0. The third-order valence-corrected chi connectivity index (χ3v) is 6.72. The predicted molar refractivity (Wildman–Crippen MR) is 117 cm³/mol. The number of amides is 2. The molecule has 0 saturated carbocycles. The number of benzene rings is 2. The summed E-state index contributed by atoms with van der Waals surface area (Å²) in [5, 5.41) is 14.6. The summed E-state index contributed by atoms with van der Waals surface area (Å²) < 4.78 is 53.6. The van der Waals surface area contributed by atoms with Gasteiger partial charge in [-0.25, -0.2) is 14.2 Å². The molecule has 174 valence electrons. The Hall–Kier alpha value is -3.02. The molecule has 2 heterocycles. The molecule has 0 spiro atoms. The van der Waals surface area contributed by atoms with Crippen molar-refractivity contribution >= 4 is 28.7 Å². The number of anilines is 2. The molecule has 0 unspecified atom stereocenters. The van der Waals surface area contributed by atoms with Crippen LogP contribution in [0.15, 0.2) is 48.7 Å². The molecule has 2 amide bonds. The fraction of sp³-hybridized carbons (Fsp3) is 0.273. The molecule has 0 radical (unpaired) electrons. The second-order valence-electron chi connectivity index (χ2n) is 7.70. The Bertz CT molecular complexity index is 1160. The number of rotatable bonds is 4. The second-order valence-corrected chi connectivity index (χ2v) is 8.73. The van der Waals surface area contributed by atoms with Gasteiger partial charge in [-0.1, -0.05) is 12.1 Å². The van der Waals surface area contributed by atoms with Gasteiger partial charge in [0, 0.05) is 6.20 Å². The maximum Gasteiger partial charge on any atom is 0.416 e. The fourth-order valence-electron chi connectivity index (χ4n) is 3.70. The van der Waals surface area contributed by atoms with Crippen LogP contribution >= 0.6 is 11.3 Å². The van der Waals surface area contributed by atoms with Crippen molar-refractivity contribution in [1.82, 2.24) is 10.3 Å². The van der Waals surface area contributed by atoms with Crippen molar-refractivity contribution in [2.45, 2.75) is 24.6 Å². The highest BCUT2D eigenvalue weighted by Crippen LogP contribution is 2.39. The van der Waals surface area contributed by atoms with Gasteiger partial charge in [0.2, 0.25) is 0 Å². The standard InChI is InChI=1S/C22H20F4N4O2S/c23-16-6-3-14(22(24,25)26)11-17(16)30(20(27)31)15-4-1-13(2-5-15)18-12-29-19(33-18)21(32)7-9-28-10-8-21/h1-6,11-12,28,32H,7-10H2,(H2,27,31). The number of hydrogen-bond acceptors (Lipinski definition) is 5. The minimum atomic E-state index is -4.71. The van der Waals surface area contributed by atoms with Crippen molar-refractivity contribution in [2.75, 3.05) is 18.0 Å². The first-order valence-corrected chi connectivity index (χ1v) is 10.9. The average Bonchev–Trinajstić information content (AvgIpc) is 3.26. The zero-order valence-electron chi connectivity index (χ0n) is 17.2. The number of primary amides is 1. The summed E-state index contributed by atoms with van der Waals surface area (Å²) in [6, 6.07) is 6.82. The predicted octanol–water partition coefficient (Wildman–Crippen LogP) is 4.76. The first kappa shape index (κ1) is 23.1. The number of nitrogens with one attached hydrogen (secondary N) is 1. The summed E-state index contributed by atoms with van der Waals surface area (Å²) in [5.41, 5.74) is 3.51. The van der Waals surface area contributed by atoms with Gasteiger partial charge < -0.3 is 16.2 Å². The molecule has 4 rings (SSSR count). The Morgan fingerprint density at radius 1 is 1.15 bits per heavy atom. The number of hydrogen-bond donors (Lipinski definition) is 3. The van der Waals surface area contributed by atoms with Crippen LogP contribution in [0.25, 0.3) is 10.4 Å². The lowest BCUT2D eigenvalue weighted by molar-refractivity contribution is -0.137. The van der Waals surface area contributed by atoms with Crippen molar-refractivity contribution in [3.05, 3.63) is 65.0 Å². The largest absolute Gasteiger partial charge is 0.416 e. The summed E-state index contributed by atoms with van der Waals surface area (Å²) in [7, 11) is 0. The van der Waals surface area contributed by atoms with Crippen LogP contribution < -0.4 is 16.0 Å². The van der Waals surface area contributed by atoms with Crippen LogP contribution in [-0.2, 0) is 11.8 Å². The molecule has 6 nitrogen and oxygen atoms in total. The van der Waals surface area contributed by atoms with Crippen molar-refractivity contribution in [3.8, 4) is 10.4 Å². The number of urea groups is 1. The Balaban J connectivity index is 1.64. The molecule has 1 aliphatic heterocycles. The van der Waals surface area contributed by atoms with Crippen LogP contribution in [0.3, 0.4) is 0 Å². The zero-order chi connectivity index (χ0) is 23.8. The van der Waals surface area contributed by atoms with E-state index < -0.39 is 34.9 Å². The molecule has 11 heteroatoms. The number of piperidine rings is 1. The molecule has 2 aromatic carbocycles. The molecule has 0 atom stereocenters. The summed E-state index contributed by atoms with van der Waals surface area (Å²) in [6.45, 7) is 1.38. The third-order valence-electron chi connectivity index (χ3n) is 5.48. The lowest BCUT2D eigenvalue weighted by Crippen LogP contribution is -2.39. The van der Waals surface area contributed by atoms with Gasteiger partial charge in [0.1, 0.15) is 16.4 Å². The lowest BCUT2D eigenvalue weighted by Gasteiger charge is -2.30. The molecular formula is C22H20F4N4O2S. The number of nitrogens with zero attached hydrogens (tertiary/aromatic N) is 2. The Kier molecular flexibility index (Phi) is 6.12. The van der Waals surface area contributed by atoms with Crippen molar-refractivity contribution in [3.63, 3.8) is 0 Å². The highest BCUT2D eigenvalue weighted by molar-refractivity contribution is 7.15. The van der Waals surface area contributed by atoms with Gasteiger partial charge in [0.15, 0.2) is 0 Å². The topological polar surface area (TPSA) is 91.5 Å². The van der Waals surface area contributed by atoms with Crippen molar-refractivity contribution < 1.29 is 27.5 Å². The number of nitrogens with two attached hydrogens (primary N) is 1. The molecule has 3 aromatic rings. The Morgan fingerprint density at radius 3 is 2.42 bits per heavy atom. The van der Waals surface area contributed by atoms with E-state index in [9.17, 15) is 27.5 Å². The summed E-state index contributed by atoms with van der Waals surface area (Å²) in [4.78, 5) is 17.9. The first-order valence-electron chi connectivity index (χ1n) is 10.0. The highest BCUT2D eigenvalue weighted by atomic mass is 32.1. The van der Waals surface area contributed by atoms with Crippen molar-refractivity contribution in [2.24, 2.45) is 5.73 Å². The van der Waals surface area contributed by atoms with Crippen LogP contribution in [0.5, 0.6) is 0 Å². The first-order chi connectivity index (χ1) is 15.6. The minimum absolute atomic E-state index is 0.103. The average molecular weight is 480 g/mol. The number of carbonyl (C=O) groups excluding carboxylic acids is 1. The Morgan fingerprint density at radius 2 is 1.82 bits per heavy atom. The normalized spacial score (nSPS) is 15.9. The van der Waals surface area contributed by atoms with E-state index >= 15 is 0 Å². The molecule has 1 fully saturated rings. The molecule has 33 heavy (non-hydrogen) atoms. The molecule has 0 bridgehead atoms. The van der Waals surface area contributed by atoms with E-state index in [0.29, 0.717) is 59.6 Å². The SMILES string of the molecule is NC(=O)N(c1ccc(-c2cnc(C3(O)CCNCC3)s2)cc1)c1cc(C(F)(F)F)ccc1F. The monoisotopic (exact) mass is 480 g/mol. The van der Waals surface area contributed by atoms with E-state index in [1.165, 1.54) is 23.5 Å². The van der Waals surface area contributed by atoms with Crippen LogP contribution in [-0.4, -0.2) is 29.2 Å². The quantitative estimate of drug-likeness (QED) is 0.470. The Labute approximate surface area is 190 Å². The lowest BCUT2D eigenvalue weighted by atomic mass is 9.93. The van der Waals surface area contributed by atoms with Crippen LogP contribution in [0.1, 0.15) is 23.4 Å². The number of halogens is 4. The highest BCUT2D eigenvalue weighted by Gasteiger charge is 2.34. The van der Waals surface area contributed by atoms with Gasteiger partial charge in [0.25, 0.3) is 0 Å². The second kappa shape index (κ2) is 8.73. The number of thiazole rings is 1. The van der Waals surface area contributed by atoms with E-state index in [2.05, 4.69) is 10.3 Å². The van der Waals surface area contributed by atoms with Crippen LogP contribution in [0.2, 0.25) is 0 Å². The van der Waals surface area contributed by atoms with Gasteiger partial charge >= 0.3 is 12.2 Å². The van der Waals surface area contributed by atoms with E-state index in [1.54, 1.807) is 18.3 Å². The van der Waals surface area contributed by atoms with Gasteiger partial charge in [-0.05, 0) is 61.8 Å². The molecule has 0 aliphatic carbocycles. The van der Waals surface area contributed by atoms with E-state index in [4.69, 9.17) is 5.73 Å². The van der Waals surface area contributed by atoms with Crippen molar-refractivity contribution in [1.29, 1.82) is 0 Å².